The van der Waals surface area contributed by atoms with Crippen molar-refractivity contribution >= 4 is 23.3 Å². The SMILES string of the molecule is CN(Cc1ccccc1Cl)C(=O)c1ccnc(N)c1. The second-order valence-electron chi connectivity index (χ2n) is 4.22. The topological polar surface area (TPSA) is 59.2 Å². The Morgan fingerprint density at radius 3 is 2.79 bits per heavy atom. The summed E-state index contributed by atoms with van der Waals surface area (Å²) >= 11 is 6.08. The number of nitrogens with two attached hydrogens (primary N) is 1. The summed E-state index contributed by atoms with van der Waals surface area (Å²) in [4.78, 5) is 17.7. The van der Waals surface area contributed by atoms with Crippen molar-refractivity contribution in [1.82, 2.24) is 9.88 Å². The van der Waals surface area contributed by atoms with Crippen LogP contribution in [0.5, 0.6) is 0 Å². The number of halogens is 1. The molecule has 0 bridgehead atoms. The van der Waals surface area contributed by atoms with Crippen molar-refractivity contribution < 1.29 is 4.79 Å². The van der Waals surface area contributed by atoms with Crippen molar-refractivity contribution in [2.45, 2.75) is 6.54 Å². The monoisotopic (exact) mass is 275 g/mol. The second kappa shape index (κ2) is 5.71. The van der Waals surface area contributed by atoms with E-state index in [0.717, 1.165) is 5.56 Å². The molecule has 0 spiro atoms. The summed E-state index contributed by atoms with van der Waals surface area (Å²) in [7, 11) is 1.72. The molecule has 1 heterocycles. The fraction of sp³-hybridized carbons (Fsp3) is 0.143. The van der Waals surface area contributed by atoms with Crippen molar-refractivity contribution in [2.75, 3.05) is 12.8 Å². The molecule has 0 radical (unpaired) electrons. The number of hydrogen-bond donors (Lipinski definition) is 1. The number of nitrogens with zero attached hydrogens (tertiary/aromatic N) is 2. The van der Waals surface area contributed by atoms with Crippen LogP contribution in [-0.4, -0.2) is 22.8 Å². The van der Waals surface area contributed by atoms with E-state index in [1.807, 2.05) is 18.2 Å². The standard InChI is InChI=1S/C14H14ClN3O/c1-18(9-11-4-2-3-5-12(11)15)14(19)10-6-7-17-13(16)8-10/h2-8H,9H2,1H3,(H2,16,17). The zero-order chi connectivity index (χ0) is 13.8. The maximum absolute atomic E-state index is 12.2. The Labute approximate surface area is 116 Å². The average molecular weight is 276 g/mol. The zero-order valence-corrected chi connectivity index (χ0v) is 11.3. The minimum atomic E-state index is -0.117. The van der Waals surface area contributed by atoms with Crippen LogP contribution in [0.3, 0.4) is 0 Å². The van der Waals surface area contributed by atoms with Crippen molar-refractivity contribution in [2.24, 2.45) is 0 Å². The molecule has 0 saturated heterocycles. The van der Waals surface area contributed by atoms with Gasteiger partial charge in [0, 0.05) is 30.4 Å². The maximum atomic E-state index is 12.2. The molecular formula is C14H14ClN3O. The molecule has 0 aliphatic carbocycles. The first-order chi connectivity index (χ1) is 9.08. The number of amides is 1. The Morgan fingerprint density at radius 2 is 2.11 bits per heavy atom. The summed E-state index contributed by atoms with van der Waals surface area (Å²) in [5.74, 6) is 0.214. The summed E-state index contributed by atoms with van der Waals surface area (Å²) in [5.41, 5.74) is 6.99. The molecule has 0 unspecified atom stereocenters. The molecule has 1 amide bonds. The number of carbonyl (C=O) groups is 1. The number of rotatable bonds is 3. The number of pyridine rings is 1. The Morgan fingerprint density at radius 1 is 1.37 bits per heavy atom. The molecule has 0 saturated carbocycles. The van der Waals surface area contributed by atoms with E-state index < -0.39 is 0 Å². The molecular weight excluding hydrogens is 262 g/mol. The molecule has 0 atom stereocenters. The van der Waals surface area contributed by atoms with Crippen molar-refractivity contribution in [3.8, 4) is 0 Å². The first kappa shape index (κ1) is 13.4. The highest BCUT2D eigenvalue weighted by molar-refractivity contribution is 6.31. The van der Waals surface area contributed by atoms with Crippen LogP contribution >= 0.6 is 11.6 Å². The van der Waals surface area contributed by atoms with Crippen molar-refractivity contribution in [3.63, 3.8) is 0 Å². The third kappa shape index (κ3) is 3.23. The van der Waals surface area contributed by atoms with Crippen LogP contribution in [0.15, 0.2) is 42.6 Å². The Bertz CT molecular complexity index is 601. The maximum Gasteiger partial charge on any atom is 0.254 e. The van der Waals surface area contributed by atoms with Gasteiger partial charge in [-0.2, -0.15) is 0 Å². The number of aromatic nitrogens is 1. The molecule has 0 aliphatic heterocycles. The molecule has 2 rings (SSSR count). The van der Waals surface area contributed by atoms with Gasteiger partial charge in [-0.05, 0) is 23.8 Å². The number of anilines is 1. The molecule has 1 aromatic carbocycles. The fourth-order valence-corrected chi connectivity index (χ4v) is 1.95. The minimum Gasteiger partial charge on any atom is -0.384 e. The summed E-state index contributed by atoms with van der Waals surface area (Å²) in [5, 5.41) is 0.649. The van der Waals surface area contributed by atoms with Gasteiger partial charge in [-0.15, -0.1) is 0 Å². The molecule has 2 N–H and O–H groups in total. The van der Waals surface area contributed by atoms with Gasteiger partial charge in [-0.3, -0.25) is 4.79 Å². The van der Waals surface area contributed by atoms with E-state index in [-0.39, 0.29) is 5.91 Å². The van der Waals surface area contributed by atoms with Gasteiger partial charge in [0.05, 0.1) is 0 Å². The van der Waals surface area contributed by atoms with E-state index in [0.29, 0.717) is 22.9 Å². The minimum absolute atomic E-state index is 0.117. The van der Waals surface area contributed by atoms with E-state index in [1.165, 1.54) is 6.20 Å². The van der Waals surface area contributed by atoms with E-state index in [1.54, 1.807) is 30.1 Å². The van der Waals surface area contributed by atoms with Gasteiger partial charge in [-0.1, -0.05) is 29.8 Å². The normalized spacial score (nSPS) is 10.2. The lowest BCUT2D eigenvalue weighted by Crippen LogP contribution is -2.26. The Balaban J connectivity index is 2.14. The molecule has 19 heavy (non-hydrogen) atoms. The van der Waals surface area contributed by atoms with Crippen LogP contribution in [0.4, 0.5) is 5.82 Å². The fourth-order valence-electron chi connectivity index (χ4n) is 1.76. The summed E-state index contributed by atoms with van der Waals surface area (Å²) in [6.07, 6.45) is 1.52. The third-order valence-corrected chi connectivity index (χ3v) is 3.11. The van der Waals surface area contributed by atoms with Crippen LogP contribution in [0.2, 0.25) is 5.02 Å². The zero-order valence-electron chi connectivity index (χ0n) is 10.5. The second-order valence-corrected chi connectivity index (χ2v) is 4.63. The predicted octanol–water partition coefficient (Wildman–Crippen LogP) is 2.59. The van der Waals surface area contributed by atoms with Gasteiger partial charge in [-0.25, -0.2) is 4.98 Å². The predicted molar refractivity (Wildman–Crippen MR) is 75.9 cm³/mol. The number of nitrogen functional groups attached to an aromatic ring is 1. The van der Waals surface area contributed by atoms with E-state index in [9.17, 15) is 4.79 Å². The molecule has 98 valence electrons. The third-order valence-electron chi connectivity index (χ3n) is 2.74. The van der Waals surface area contributed by atoms with Crippen LogP contribution in [-0.2, 0) is 6.54 Å². The Kier molecular flexibility index (Phi) is 4.02. The molecule has 0 fully saturated rings. The first-order valence-corrected chi connectivity index (χ1v) is 6.16. The average Bonchev–Trinajstić information content (AvgIpc) is 2.40. The van der Waals surface area contributed by atoms with Crippen LogP contribution in [0, 0.1) is 0 Å². The van der Waals surface area contributed by atoms with E-state index >= 15 is 0 Å². The van der Waals surface area contributed by atoms with Crippen molar-refractivity contribution in [1.29, 1.82) is 0 Å². The molecule has 0 aliphatic rings. The van der Waals surface area contributed by atoms with E-state index in [2.05, 4.69) is 4.98 Å². The van der Waals surface area contributed by atoms with Crippen LogP contribution in [0.1, 0.15) is 15.9 Å². The first-order valence-electron chi connectivity index (χ1n) is 5.78. The highest BCUT2D eigenvalue weighted by atomic mass is 35.5. The number of hydrogen-bond acceptors (Lipinski definition) is 3. The lowest BCUT2D eigenvalue weighted by atomic mass is 10.2. The number of benzene rings is 1. The summed E-state index contributed by atoms with van der Waals surface area (Å²) < 4.78 is 0. The van der Waals surface area contributed by atoms with Gasteiger partial charge < -0.3 is 10.6 Å². The quantitative estimate of drug-likeness (QED) is 0.937. The Hall–Kier alpha value is -2.07. The van der Waals surface area contributed by atoms with Gasteiger partial charge >= 0.3 is 0 Å². The lowest BCUT2D eigenvalue weighted by molar-refractivity contribution is 0.0785. The molecule has 4 nitrogen and oxygen atoms in total. The largest absolute Gasteiger partial charge is 0.384 e. The summed E-state index contributed by atoms with van der Waals surface area (Å²) in [6, 6.07) is 10.7. The summed E-state index contributed by atoms with van der Waals surface area (Å²) in [6.45, 7) is 0.445. The van der Waals surface area contributed by atoms with Gasteiger partial charge in [0.1, 0.15) is 5.82 Å². The highest BCUT2D eigenvalue weighted by Crippen LogP contribution is 2.17. The van der Waals surface area contributed by atoms with Crippen LogP contribution in [0.25, 0.3) is 0 Å². The van der Waals surface area contributed by atoms with E-state index in [4.69, 9.17) is 17.3 Å². The van der Waals surface area contributed by atoms with Crippen LogP contribution < -0.4 is 5.73 Å². The van der Waals surface area contributed by atoms with Gasteiger partial charge in [0.2, 0.25) is 0 Å². The van der Waals surface area contributed by atoms with Gasteiger partial charge in [0.25, 0.3) is 5.91 Å². The highest BCUT2D eigenvalue weighted by Gasteiger charge is 2.13. The van der Waals surface area contributed by atoms with Crippen molar-refractivity contribution in [3.05, 3.63) is 58.7 Å². The van der Waals surface area contributed by atoms with Gasteiger partial charge in [0.15, 0.2) is 0 Å². The molecule has 5 heteroatoms. The number of carbonyl (C=O) groups excluding carboxylic acids is 1. The smallest absolute Gasteiger partial charge is 0.254 e. The lowest BCUT2D eigenvalue weighted by Gasteiger charge is -2.18. The molecule has 2 aromatic rings. The molecule has 1 aromatic heterocycles.